The van der Waals surface area contributed by atoms with Gasteiger partial charge in [0.25, 0.3) is 0 Å². The van der Waals surface area contributed by atoms with Crippen LogP contribution in [0.5, 0.6) is 0 Å². The zero-order valence-corrected chi connectivity index (χ0v) is 9.09. The van der Waals surface area contributed by atoms with E-state index >= 15 is 0 Å². The lowest BCUT2D eigenvalue weighted by Crippen LogP contribution is -2.05. The Hall–Kier alpha value is -1.42. The van der Waals surface area contributed by atoms with E-state index in [2.05, 4.69) is 4.98 Å². The van der Waals surface area contributed by atoms with E-state index in [1.807, 2.05) is 17.7 Å². The highest BCUT2D eigenvalue weighted by molar-refractivity contribution is 7.71. The van der Waals surface area contributed by atoms with Crippen LogP contribution in [0, 0.1) is 10.6 Å². The first kappa shape index (κ1) is 10.1. The lowest BCUT2D eigenvalue weighted by Gasteiger charge is -2.13. The fourth-order valence-corrected chi connectivity index (χ4v) is 1.82. The van der Waals surface area contributed by atoms with Gasteiger partial charge in [-0.1, -0.05) is 12.1 Å². The molecule has 0 saturated carbocycles. The number of nitrogens with one attached hydrogen (secondary N) is 1. The third-order valence-corrected chi connectivity index (χ3v) is 2.77. The fourth-order valence-electron chi connectivity index (χ4n) is 1.54. The van der Waals surface area contributed by atoms with E-state index in [4.69, 9.17) is 12.2 Å². The first-order valence-corrected chi connectivity index (χ1v) is 5.10. The van der Waals surface area contributed by atoms with Crippen molar-refractivity contribution in [2.75, 3.05) is 0 Å². The molecule has 0 aliphatic carbocycles. The van der Waals surface area contributed by atoms with Gasteiger partial charge in [-0.15, -0.1) is 0 Å². The molecule has 2 rings (SSSR count). The molecule has 1 aromatic carbocycles. The van der Waals surface area contributed by atoms with Crippen molar-refractivity contribution in [2.45, 2.75) is 13.0 Å². The quantitative estimate of drug-likeness (QED) is 0.773. The van der Waals surface area contributed by atoms with Crippen molar-refractivity contribution in [1.29, 1.82) is 0 Å². The van der Waals surface area contributed by atoms with Gasteiger partial charge in [-0.3, -0.25) is 0 Å². The number of halogens is 1. The van der Waals surface area contributed by atoms with Crippen LogP contribution in [0.15, 0.2) is 36.7 Å². The summed E-state index contributed by atoms with van der Waals surface area (Å²) in [7, 11) is 0. The summed E-state index contributed by atoms with van der Waals surface area (Å²) in [4.78, 5) is 2.93. The summed E-state index contributed by atoms with van der Waals surface area (Å²) in [6.07, 6.45) is 3.68. The minimum atomic E-state index is -0.219. The predicted molar refractivity (Wildman–Crippen MR) is 59.8 cm³/mol. The fraction of sp³-hybridized carbons (Fsp3) is 0.182. The Balaban J connectivity index is 2.36. The van der Waals surface area contributed by atoms with E-state index in [-0.39, 0.29) is 11.9 Å². The van der Waals surface area contributed by atoms with Gasteiger partial charge in [0.05, 0.1) is 6.04 Å². The van der Waals surface area contributed by atoms with Crippen LogP contribution in [-0.4, -0.2) is 9.55 Å². The minimum absolute atomic E-state index is 0.115. The number of benzene rings is 1. The molecule has 1 atom stereocenters. The zero-order valence-electron chi connectivity index (χ0n) is 8.27. The van der Waals surface area contributed by atoms with Crippen molar-refractivity contribution in [2.24, 2.45) is 0 Å². The van der Waals surface area contributed by atoms with Gasteiger partial charge in [0, 0.05) is 12.4 Å². The number of hydrogen-bond donors (Lipinski definition) is 1. The molecule has 0 aliphatic heterocycles. The molecular formula is C11H11FN2S. The molecule has 0 saturated heterocycles. The molecule has 2 nitrogen and oxygen atoms in total. The van der Waals surface area contributed by atoms with Crippen molar-refractivity contribution in [3.8, 4) is 0 Å². The minimum Gasteiger partial charge on any atom is -0.337 e. The summed E-state index contributed by atoms with van der Waals surface area (Å²) in [6.45, 7) is 2.02. The van der Waals surface area contributed by atoms with E-state index in [1.165, 1.54) is 12.1 Å². The zero-order chi connectivity index (χ0) is 10.8. The van der Waals surface area contributed by atoms with Crippen LogP contribution < -0.4 is 0 Å². The Labute approximate surface area is 92.4 Å². The molecule has 0 fully saturated rings. The first-order valence-electron chi connectivity index (χ1n) is 4.69. The van der Waals surface area contributed by atoms with E-state index in [0.717, 1.165) is 5.56 Å². The normalized spacial score (nSPS) is 12.7. The van der Waals surface area contributed by atoms with Crippen LogP contribution in [0.3, 0.4) is 0 Å². The van der Waals surface area contributed by atoms with Gasteiger partial charge in [0.15, 0.2) is 4.77 Å². The average molecular weight is 222 g/mol. The Morgan fingerprint density at radius 1 is 1.33 bits per heavy atom. The average Bonchev–Trinajstić information content (AvgIpc) is 2.65. The van der Waals surface area contributed by atoms with E-state index in [9.17, 15) is 4.39 Å². The Bertz CT molecular complexity index is 498. The molecule has 1 unspecified atom stereocenters. The number of rotatable bonds is 2. The highest BCUT2D eigenvalue weighted by Crippen LogP contribution is 2.18. The SMILES string of the molecule is CC(c1ccc(F)cc1)n1cc[nH]c1=S. The monoisotopic (exact) mass is 222 g/mol. The number of imidazole rings is 1. The molecule has 0 spiro atoms. The lowest BCUT2D eigenvalue weighted by molar-refractivity contribution is 0.612. The molecule has 78 valence electrons. The molecule has 4 heteroatoms. The summed E-state index contributed by atoms with van der Waals surface area (Å²) < 4.78 is 15.3. The summed E-state index contributed by atoms with van der Waals surface area (Å²) in [5.41, 5.74) is 1.03. The molecule has 0 radical (unpaired) electrons. The highest BCUT2D eigenvalue weighted by Gasteiger charge is 2.07. The Morgan fingerprint density at radius 3 is 2.53 bits per heavy atom. The molecular weight excluding hydrogens is 211 g/mol. The molecule has 0 aliphatic rings. The van der Waals surface area contributed by atoms with Crippen LogP contribution in [0.1, 0.15) is 18.5 Å². The smallest absolute Gasteiger partial charge is 0.177 e. The predicted octanol–water partition coefficient (Wildman–Crippen LogP) is 3.29. The maximum Gasteiger partial charge on any atom is 0.177 e. The standard InChI is InChI=1S/C11H11FN2S/c1-8(14-7-6-13-11(14)15)9-2-4-10(12)5-3-9/h2-8H,1H3,(H,13,15). The summed E-state index contributed by atoms with van der Waals surface area (Å²) in [5.74, 6) is -0.219. The van der Waals surface area contributed by atoms with E-state index < -0.39 is 0 Å². The number of nitrogens with zero attached hydrogens (tertiary/aromatic N) is 1. The van der Waals surface area contributed by atoms with Crippen molar-refractivity contribution in [3.63, 3.8) is 0 Å². The molecule has 1 N–H and O–H groups in total. The number of H-pyrrole nitrogens is 1. The molecule has 1 aromatic heterocycles. The van der Waals surface area contributed by atoms with Crippen molar-refractivity contribution in [1.82, 2.24) is 9.55 Å². The second-order valence-electron chi connectivity index (χ2n) is 3.40. The van der Waals surface area contributed by atoms with Crippen LogP contribution in [0.25, 0.3) is 0 Å². The lowest BCUT2D eigenvalue weighted by atomic mass is 10.1. The maximum absolute atomic E-state index is 12.7. The number of aromatic nitrogens is 2. The summed E-state index contributed by atoms with van der Waals surface area (Å²) in [6, 6.07) is 6.58. The summed E-state index contributed by atoms with van der Waals surface area (Å²) in [5, 5.41) is 0. The van der Waals surface area contributed by atoms with E-state index in [0.29, 0.717) is 4.77 Å². The van der Waals surface area contributed by atoms with Crippen LogP contribution >= 0.6 is 12.2 Å². The molecule has 0 amide bonds. The van der Waals surface area contributed by atoms with Gasteiger partial charge in [0.1, 0.15) is 5.82 Å². The first-order chi connectivity index (χ1) is 7.18. The third kappa shape index (κ3) is 1.99. The van der Waals surface area contributed by atoms with Gasteiger partial charge in [-0.2, -0.15) is 0 Å². The van der Waals surface area contributed by atoms with Crippen molar-refractivity contribution >= 4 is 12.2 Å². The maximum atomic E-state index is 12.7. The third-order valence-electron chi connectivity index (χ3n) is 2.45. The van der Waals surface area contributed by atoms with Gasteiger partial charge < -0.3 is 9.55 Å². The van der Waals surface area contributed by atoms with Crippen molar-refractivity contribution < 1.29 is 4.39 Å². The molecule has 15 heavy (non-hydrogen) atoms. The van der Waals surface area contributed by atoms with E-state index in [1.54, 1.807) is 18.3 Å². The number of hydrogen-bond acceptors (Lipinski definition) is 1. The van der Waals surface area contributed by atoms with Gasteiger partial charge in [-0.25, -0.2) is 4.39 Å². The van der Waals surface area contributed by atoms with Gasteiger partial charge in [0.2, 0.25) is 0 Å². The van der Waals surface area contributed by atoms with Gasteiger partial charge in [-0.05, 0) is 36.8 Å². The second kappa shape index (κ2) is 3.98. The molecule has 0 bridgehead atoms. The largest absolute Gasteiger partial charge is 0.337 e. The second-order valence-corrected chi connectivity index (χ2v) is 3.79. The van der Waals surface area contributed by atoms with Crippen LogP contribution in [-0.2, 0) is 0 Å². The summed E-state index contributed by atoms with van der Waals surface area (Å²) >= 11 is 5.12. The number of aromatic amines is 1. The molecule has 2 aromatic rings. The van der Waals surface area contributed by atoms with Crippen LogP contribution in [0.4, 0.5) is 4.39 Å². The Morgan fingerprint density at radius 2 is 2.00 bits per heavy atom. The Kier molecular flexibility index (Phi) is 2.68. The molecule has 1 heterocycles. The topological polar surface area (TPSA) is 20.7 Å². The highest BCUT2D eigenvalue weighted by atomic mass is 32.1. The van der Waals surface area contributed by atoms with Gasteiger partial charge >= 0.3 is 0 Å². The van der Waals surface area contributed by atoms with Crippen LogP contribution in [0.2, 0.25) is 0 Å². The van der Waals surface area contributed by atoms with Crippen molar-refractivity contribution in [3.05, 3.63) is 52.8 Å².